The molecule has 55 heavy (non-hydrogen) atoms. The van der Waals surface area contributed by atoms with Crippen molar-refractivity contribution >= 4 is 29.6 Å². The Morgan fingerprint density at radius 1 is 0.909 bits per heavy atom. The number of amides is 1. The van der Waals surface area contributed by atoms with Crippen LogP contribution in [0.4, 0.5) is 19.3 Å². The molecular formula is C41H56F2N6O6. The summed E-state index contributed by atoms with van der Waals surface area (Å²) in [6, 6.07) is 20.1. The van der Waals surface area contributed by atoms with E-state index in [1.807, 2.05) is 27.7 Å². The summed E-state index contributed by atoms with van der Waals surface area (Å²) in [6.45, 7) is 8.26. The summed E-state index contributed by atoms with van der Waals surface area (Å²) >= 11 is 0. The first-order valence-electron chi connectivity index (χ1n) is 18.7. The fraction of sp³-hybridized carbons (Fsp3) is 0.415. The number of hydrazine groups is 1. The normalized spacial score (nSPS) is 14.0. The quantitative estimate of drug-likeness (QED) is 0.0110. The Bertz CT molecular complexity index is 1640. The van der Waals surface area contributed by atoms with Gasteiger partial charge < -0.3 is 30.6 Å². The van der Waals surface area contributed by atoms with E-state index in [4.69, 9.17) is 31.5 Å². The van der Waals surface area contributed by atoms with Crippen molar-refractivity contribution in [3.05, 3.63) is 102 Å². The van der Waals surface area contributed by atoms with E-state index in [2.05, 4.69) is 5.10 Å². The number of likely N-dealkylation sites (tertiary alicyclic amines) is 1. The Morgan fingerprint density at radius 2 is 1.51 bits per heavy atom. The molecule has 1 saturated heterocycles. The molecule has 0 radical (unpaired) electrons. The van der Waals surface area contributed by atoms with Gasteiger partial charge in [0.25, 0.3) is 5.92 Å². The SMILES string of the molecule is CC.CC.N/C(CCCCCCN1C(=O)CCC1/C=C/CC(F)(F)c1ccccc1)=N\N(N)COC(=O)Cc1ccc(OC(=O)Oc2ccc(N)cc2)cc1. The molecule has 1 fully saturated rings. The first kappa shape index (κ1) is 45.7. The minimum absolute atomic E-state index is 0.0242. The Morgan fingerprint density at radius 3 is 2.15 bits per heavy atom. The largest absolute Gasteiger partial charge is 0.519 e. The van der Waals surface area contributed by atoms with Crippen molar-refractivity contribution in [2.24, 2.45) is 16.7 Å². The van der Waals surface area contributed by atoms with Crippen LogP contribution >= 0.6 is 0 Å². The molecule has 3 aromatic rings. The maximum Gasteiger partial charge on any atom is 0.519 e. The molecule has 0 saturated carbocycles. The number of carbonyl (C=O) groups is 3. The van der Waals surface area contributed by atoms with Gasteiger partial charge in [-0.15, -0.1) is 5.10 Å². The topological polar surface area (TPSA) is 176 Å². The highest BCUT2D eigenvalue weighted by molar-refractivity contribution is 5.80. The van der Waals surface area contributed by atoms with Gasteiger partial charge in [0.1, 0.15) is 17.3 Å². The van der Waals surface area contributed by atoms with Crippen LogP contribution in [0.3, 0.4) is 0 Å². The third-order valence-electron chi connectivity index (χ3n) is 8.05. The van der Waals surface area contributed by atoms with Crippen molar-refractivity contribution in [2.75, 3.05) is 19.0 Å². The van der Waals surface area contributed by atoms with Crippen molar-refractivity contribution < 1.29 is 37.4 Å². The lowest BCUT2D eigenvalue weighted by molar-refractivity contribution is -0.147. The zero-order valence-electron chi connectivity index (χ0n) is 32.3. The molecule has 1 amide bonds. The number of hydrogen-bond acceptors (Lipinski definition) is 10. The van der Waals surface area contributed by atoms with Crippen LogP contribution in [0.1, 0.15) is 90.2 Å². The van der Waals surface area contributed by atoms with Gasteiger partial charge in [0.2, 0.25) is 5.91 Å². The van der Waals surface area contributed by atoms with Crippen molar-refractivity contribution in [3.63, 3.8) is 0 Å². The van der Waals surface area contributed by atoms with E-state index in [1.54, 1.807) is 65.6 Å². The molecule has 14 heteroatoms. The van der Waals surface area contributed by atoms with Crippen molar-refractivity contribution in [1.29, 1.82) is 0 Å². The molecule has 1 aliphatic rings. The van der Waals surface area contributed by atoms with Gasteiger partial charge in [-0.1, -0.05) is 95.2 Å². The Balaban J connectivity index is 0.00000253. The second-order valence-corrected chi connectivity index (χ2v) is 12.1. The molecule has 12 nitrogen and oxygen atoms in total. The number of nitrogens with two attached hydrogens (primary N) is 3. The molecular weight excluding hydrogens is 710 g/mol. The predicted octanol–water partition coefficient (Wildman–Crippen LogP) is 8.07. The third-order valence-corrected chi connectivity index (χ3v) is 8.05. The van der Waals surface area contributed by atoms with E-state index < -0.39 is 24.5 Å². The van der Waals surface area contributed by atoms with Crippen LogP contribution in [-0.2, 0) is 26.7 Å². The summed E-state index contributed by atoms with van der Waals surface area (Å²) in [5.74, 6) is 3.15. The van der Waals surface area contributed by atoms with E-state index in [1.165, 1.54) is 30.3 Å². The van der Waals surface area contributed by atoms with Gasteiger partial charge >= 0.3 is 12.1 Å². The Labute approximate surface area is 323 Å². The summed E-state index contributed by atoms with van der Waals surface area (Å²) in [5, 5.41) is 4.99. The number of hydrogen-bond donors (Lipinski definition) is 3. The minimum atomic E-state index is -2.96. The molecule has 6 N–H and O–H groups in total. The van der Waals surface area contributed by atoms with Gasteiger partial charge in [-0.2, -0.15) is 5.12 Å². The highest BCUT2D eigenvalue weighted by atomic mass is 19.3. The summed E-state index contributed by atoms with van der Waals surface area (Å²) < 4.78 is 44.4. The van der Waals surface area contributed by atoms with Crippen molar-refractivity contribution in [3.8, 4) is 11.5 Å². The van der Waals surface area contributed by atoms with E-state index in [-0.39, 0.29) is 48.0 Å². The van der Waals surface area contributed by atoms with Crippen molar-refractivity contribution in [1.82, 2.24) is 10.0 Å². The molecule has 1 atom stereocenters. The van der Waals surface area contributed by atoms with Crippen LogP contribution in [0.25, 0.3) is 0 Å². The number of nitrogens with zero attached hydrogens (tertiary/aromatic N) is 3. The summed E-state index contributed by atoms with van der Waals surface area (Å²) in [4.78, 5) is 38.4. The molecule has 0 bridgehead atoms. The molecule has 300 valence electrons. The average molecular weight is 767 g/mol. The van der Waals surface area contributed by atoms with Gasteiger partial charge in [0.05, 0.1) is 12.5 Å². The number of carbonyl (C=O) groups excluding carboxylic acids is 3. The zero-order valence-corrected chi connectivity index (χ0v) is 32.3. The number of rotatable bonds is 18. The number of esters is 1. The maximum absolute atomic E-state index is 14.5. The lowest BCUT2D eigenvalue weighted by Crippen LogP contribution is -2.33. The van der Waals surface area contributed by atoms with E-state index in [9.17, 15) is 23.2 Å². The number of anilines is 1. The van der Waals surface area contributed by atoms with Crippen LogP contribution in [0.2, 0.25) is 0 Å². The zero-order chi connectivity index (χ0) is 40.6. The fourth-order valence-corrected chi connectivity index (χ4v) is 5.39. The number of allylic oxidation sites excluding steroid dienone is 1. The second-order valence-electron chi connectivity index (χ2n) is 12.1. The first-order chi connectivity index (χ1) is 26.5. The number of amidine groups is 1. The second kappa shape index (κ2) is 24.7. The third kappa shape index (κ3) is 17.0. The van der Waals surface area contributed by atoms with Crippen molar-refractivity contribution in [2.45, 2.75) is 97.4 Å². The number of ether oxygens (including phenoxy) is 3. The molecule has 0 aliphatic carbocycles. The van der Waals surface area contributed by atoms with Crippen LogP contribution < -0.4 is 26.8 Å². The molecule has 1 unspecified atom stereocenters. The van der Waals surface area contributed by atoms with Crippen LogP contribution in [-0.4, -0.2) is 53.2 Å². The molecule has 0 aromatic heterocycles. The standard InChI is InChI=1S/C37H44F2N6O6.2C2H6/c38-37(39,28-9-4-3-5-10-28)23-8-11-30-17-22-34(46)44(30)24-7-2-1-6-12-33(41)43-45(42)26-49-35(47)25-27-13-18-31(19-14-27)50-36(48)51-32-20-15-29(40)16-21-32;2*1-2/h3-5,8-11,13-16,18-21,30H,1-2,6-7,12,17,22-26,40,42H2,(H2,41,43);2*1-2H3/b11-8+;;. The molecule has 1 aliphatic heterocycles. The Hall–Kier alpha value is -5.50. The smallest absolute Gasteiger partial charge is 0.441 e. The molecule has 4 rings (SSSR count). The highest BCUT2D eigenvalue weighted by Crippen LogP contribution is 2.32. The number of halogens is 2. The number of benzene rings is 3. The van der Waals surface area contributed by atoms with Crippen LogP contribution in [0, 0.1) is 0 Å². The number of alkyl halides is 2. The summed E-state index contributed by atoms with van der Waals surface area (Å²) in [5.41, 5.74) is 12.7. The van der Waals surface area contributed by atoms with Crippen LogP contribution in [0.5, 0.6) is 11.5 Å². The maximum atomic E-state index is 14.5. The van der Waals surface area contributed by atoms with Gasteiger partial charge in [-0.3, -0.25) is 9.59 Å². The number of hydrazone groups is 1. The van der Waals surface area contributed by atoms with Gasteiger partial charge in [0.15, 0.2) is 6.73 Å². The first-order valence-corrected chi connectivity index (χ1v) is 18.7. The monoisotopic (exact) mass is 766 g/mol. The lowest BCUT2D eigenvalue weighted by atomic mass is 10.0. The minimum Gasteiger partial charge on any atom is -0.441 e. The van der Waals surface area contributed by atoms with Crippen LogP contribution in [0.15, 0.2) is 96.1 Å². The lowest BCUT2D eigenvalue weighted by Gasteiger charge is -2.23. The molecule has 3 aromatic carbocycles. The number of nitrogen functional groups attached to an aromatic ring is 1. The summed E-state index contributed by atoms with van der Waals surface area (Å²) in [6.07, 6.45) is 6.56. The highest BCUT2D eigenvalue weighted by Gasteiger charge is 2.31. The number of unbranched alkanes of at least 4 members (excludes halogenated alkanes) is 3. The molecule has 0 spiro atoms. The van der Waals surface area contributed by atoms with Gasteiger partial charge in [-0.25, -0.2) is 19.4 Å². The predicted molar refractivity (Wildman–Crippen MR) is 211 cm³/mol. The van der Waals surface area contributed by atoms with E-state index in [0.717, 1.165) is 30.8 Å². The Kier molecular flexibility index (Phi) is 20.5. The fourth-order valence-electron chi connectivity index (χ4n) is 5.39. The summed E-state index contributed by atoms with van der Waals surface area (Å²) in [7, 11) is 0. The van der Waals surface area contributed by atoms with Gasteiger partial charge in [-0.05, 0) is 61.2 Å². The van der Waals surface area contributed by atoms with E-state index >= 15 is 0 Å². The van der Waals surface area contributed by atoms with E-state index in [0.29, 0.717) is 37.1 Å². The molecule has 1 heterocycles. The average Bonchev–Trinajstić information content (AvgIpc) is 3.53. The van der Waals surface area contributed by atoms with Gasteiger partial charge in [0, 0.05) is 37.1 Å².